The molecular weight excluding hydrogens is 164 g/mol. The maximum atomic E-state index is 9.29. The summed E-state index contributed by atoms with van der Waals surface area (Å²) in [5, 5.41) is 18.6. The first-order valence-corrected chi connectivity index (χ1v) is 5.22. The molecule has 0 amide bonds. The minimum atomic E-state index is -0.119. The van der Waals surface area contributed by atoms with E-state index in [2.05, 4.69) is 12.2 Å². The third-order valence-electron chi connectivity index (χ3n) is 3.90. The molecule has 2 N–H and O–H groups in total. The second-order valence-electron chi connectivity index (χ2n) is 4.39. The van der Waals surface area contributed by atoms with E-state index in [1.807, 2.05) is 0 Å². The molecule has 0 aromatic carbocycles. The summed E-state index contributed by atoms with van der Waals surface area (Å²) in [7, 11) is 0. The van der Waals surface area contributed by atoms with Gasteiger partial charge in [0.05, 0.1) is 13.2 Å². The number of aliphatic hydroxyl groups is 2. The Bertz CT molecular complexity index is 188. The van der Waals surface area contributed by atoms with Gasteiger partial charge in [0.2, 0.25) is 0 Å². The molecule has 0 spiro atoms. The van der Waals surface area contributed by atoms with Crippen molar-refractivity contribution >= 4 is 0 Å². The van der Waals surface area contributed by atoms with Crippen LogP contribution in [0.15, 0.2) is 12.2 Å². The predicted molar refractivity (Wildman–Crippen MR) is 51.2 cm³/mol. The zero-order valence-electron chi connectivity index (χ0n) is 7.95. The van der Waals surface area contributed by atoms with Crippen LogP contribution >= 0.6 is 0 Å². The maximum absolute atomic E-state index is 9.29. The second kappa shape index (κ2) is 3.43. The molecule has 0 bridgehead atoms. The fourth-order valence-corrected chi connectivity index (χ4v) is 2.95. The van der Waals surface area contributed by atoms with Gasteiger partial charge in [0.15, 0.2) is 0 Å². The highest BCUT2D eigenvalue weighted by Gasteiger charge is 2.62. The lowest BCUT2D eigenvalue weighted by Crippen LogP contribution is -2.16. The summed E-state index contributed by atoms with van der Waals surface area (Å²) in [5.74, 6) is 1.15. The van der Waals surface area contributed by atoms with Crippen LogP contribution in [-0.2, 0) is 0 Å². The van der Waals surface area contributed by atoms with Crippen LogP contribution in [0, 0.1) is 17.3 Å². The van der Waals surface area contributed by atoms with Crippen LogP contribution < -0.4 is 0 Å². The average Bonchev–Trinajstić information content (AvgIpc) is 2.71. The number of fused-ring (bicyclic) bond motifs is 1. The van der Waals surface area contributed by atoms with E-state index in [4.69, 9.17) is 0 Å². The summed E-state index contributed by atoms with van der Waals surface area (Å²) < 4.78 is 0. The minimum Gasteiger partial charge on any atom is -0.396 e. The second-order valence-corrected chi connectivity index (χ2v) is 4.39. The van der Waals surface area contributed by atoms with Gasteiger partial charge in [-0.25, -0.2) is 0 Å². The van der Waals surface area contributed by atoms with Crippen LogP contribution in [0.2, 0.25) is 0 Å². The van der Waals surface area contributed by atoms with E-state index in [0.717, 1.165) is 25.7 Å². The Morgan fingerprint density at radius 1 is 1.00 bits per heavy atom. The Morgan fingerprint density at radius 2 is 1.46 bits per heavy atom. The van der Waals surface area contributed by atoms with Crippen molar-refractivity contribution in [2.45, 2.75) is 25.7 Å². The van der Waals surface area contributed by atoms with Crippen molar-refractivity contribution in [1.82, 2.24) is 0 Å². The van der Waals surface area contributed by atoms with Crippen molar-refractivity contribution in [3.63, 3.8) is 0 Å². The minimum absolute atomic E-state index is 0.119. The summed E-state index contributed by atoms with van der Waals surface area (Å²) >= 11 is 0. The zero-order chi connectivity index (χ0) is 9.31. The third-order valence-corrected chi connectivity index (χ3v) is 3.90. The van der Waals surface area contributed by atoms with Crippen LogP contribution in [0.25, 0.3) is 0 Å². The summed E-state index contributed by atoms with van der Waals surface area (Å²) in [6.45, 7) is 0.331. The molecule has 2 nitrogen and oxygen atoms in total. The molecule has 2 aliphatic rings. The largest absolute Gasteiger partial charge is 0.396 e. The van der Waals surface area contributed by atoms with Crippen LogP contribution in [-0.4, -0.2) is 23.4 Å². The standard InChI is InChI=1S/C11H18O2/c12-7-11(8-13)9-5-3-1-2-4-6-10(9)11/h1-2,9-10,12-13H,3-8H2/t9-,10+. The SMILES string of the molecule is OCC1(CO)[C@@H]2CCC=CCC[C@@H]21. The molecule has 2 heteroatoms. The first-order chi connectivity index (χ1) is 6.35. The molecule has 1 saturated carbocycles. The predicted octanol–water partition coefficient (Wildman–Crippen LogP) is 1.33. The summed E-state index contributed by atoms with van der Waals surface area (Å²) in [6.07, 6.45) is 8.97. The van der Waals surface area contributed by atoms with Crippen LogP contribution in [0.5, 0.6) is 0 Å². The molecule has 0 saturated heterocycles. The Hall–Kier alpha value is -0.340. The van der Waals surface area contributed by atoms with Crippen molar-refractivity contribution in [3.8, 4) is 0 Å². The Kier molecular flexibility index (Phi) is 2.43. The number of aliphatic hydroxyl groups excluding tert-OH is 2. The third kappa shape index (κ3) is 1.32. The normalized spacial score (nSPS) is 36.2. The zero-order valence-corrected chi connectivity index (χ0v) is 7.95. The van der Waals surface area contributed by atoms with E-state index in [0.29, 0.717) is 11.8 Å². The lowest BCUT2D eigenvalue weighted by atomic mass is 10.0. The van der Waals surface area contributed by atoms with Gasteiger partial charge in [-0.15, -0.1) is 0 Å². The quantitative estimate of drug-likeness (QED) is 0.633. The molecule has 74 valence electrons. The van der Waals surface area contributed by atoms with Crippen molar-refractivity contribution < 1.29 is 10.2 Å². The van der Waals surface area contributed by atoms with Crippen molar-refractivity contribution in [1.29, 1.82) is 0 Å². The molecule has 1 fully saturated rings. The van der Waals surface area contributed by atoms with Gasteiger partial charge in [-0.05, 0) is 37.5 Å². The maximum Gasteiger partial charge on any atom is 0.0514 e. The molecular formula is C11H18O2. The van der Waals surface area contributed by atoms with Gasteiger partial charge in [0.25, 0.3) is 0 Å². The van der Waals surface area contributed by atoms with Gasteiger partial charge in [0.1, 0.15) is 0 Å². The molecule has 2 aliphatic carbocycles. The summed E-state index contributed by atoms with van der Waals surface area (Å²) in [4.78, 5) is 0. The first kappa shape index (κ1) is 9.22. The first-order valence-electron chi connectivity index (χ1n) is 5.22. The smallest absolute Gasteiger partial charge is 0.0514 e. The molecule has 2 atom stereocenters. The van der Waals surface area contributed by atoms with Gasteiger partial charge >= 0.3 is 0 Å². The van der Waals surface area contributed by atoms with E-state index < -0.39 is 0 Å². The van der Waals surface area contributed by atoms with Crippen molar-refractivity contribution in [2.24, 2.45) is 17.3 Å². The molecule has 0 aliphatic heterocycles. The van der Waals surface area contributed by atoms with Gasteiger partial charge in [-0.2, -0.15) is 0 Å². The molecule has 0 aromatic rings. The Labute approximate surface area is 79.3 Å². The monoisotopic (exact) mass is 182 g/mol. The number of hydrogen-bond acceptors (Lipinski definition) is 2. The van der Waals surface area contributed by atoms with E-state index in [-0.39, 0.29) is 18.6 Å². The molecule has 0 aromatic heterocycles. The van der Waals surface area contributed by atoms with Gasteiger partial charge in [-0.3, -0.25) is 0 Å². The van der Waals surface area contributed by atoms with E-state index in [9.17, 15) is 10.2 Å². The van der Waals surface area contributed by atoms with Gasteiger partial charge < -0.3 is 10.2 Å². The molecule has 0 unspecified atom stereocenters. The van der Waals surface area contributed by atoms with Crippen molar-refractivity contribution in [3.05, 3.63) is 12.2 Å². The van der Waals surface area contributed by atoms with Gasteiger partial charge in [0, 0.05) is 5.41 Å². The molecule has 13 heavy (non-hydrogen) atoms. The number of hydrogen-bond donors (Lipinski definition) is 2. The number of rotatable bonds is 2. The highest BCUT2D eigenvalue weighted by molar-refractivity contribution is 5.11. The lowest BCUT2D eigenvalue weighted by Gasteiger charge is -2.10. The van der Waals surface area contributed by atoms with E-state index in [1.165, 1.54) is 0 Å². The molecule has 0 heterocycles. The summed E-state index contributed by atoms with van der Waals surface area (Å²) in [5.41, 5.74) is -0.119. The fraction of sp³-hybridized carbons (Fsp3) is 0.818. The van der Waals surface area contributed by atoms with Gasteiger partial charge in [-0.1, -0.05) is 12.2 Å². The van der Waals surface area contributed by atoms with E-state index >= 15 is 0 Å². The number of allylic oxidation sites excluding steroid dienone is 2. The fourth-order valence-electron chi connectivity index (χ4n) is 2.95. The Balaban J connectivity index is 2.05. The van der Waals surface area contributed by atoms with Crippen molar-refractivity contribution in [2.75, 3.05) is 13.2 Å². The van der Waals surface area contributed by atoms with Crippen LogP contribution in [0.3, 0.4) is 0 Å². The molecule has 2 rings (SSSR count). The highest BCUT2D eigenvalue weighted by Crippen LogP contribution is 2.62. The highest BCUT2D eigenvalue weighted by atomic mass is 16.3. The average molecular weight is 182 g/mol. The lowest BCUT2D eigenvalue weighted by molar-refractivity contribution is 0.111. The van der Waals surface area contributed by atoms with E-state index in [1.54, 1.807) is 0 Å². The topological polar surface area (TPSA) is 40.5 Å². The summed E-state index contributed by atoms with van der Waals surface area (Å²) in [6, 6.07) is 0. The Morgan fingerprint density at radius 3 is 1.85 bits per heavy atom. The van der Waals surface area contributed by atoms with Crippen LogP contribution in [0.1, 0.15) is 25.7 Å². The van der Waals surface area contributed by atoms with Crippen LogP contribution in [0.4, 0.5) is 0 Å². The molecule has 0 radical (unpaired) electrons.